The van der Waals surface area contributed by atoms with E-state index in [4.69, 9.17) is 4.99 Å². The summed E-state index contributed by atoms with van der Waals surface area (Å²) in [5, 5.41) is 6.69. The summed E-state index contributed by atoms with van der Waals surface area (Å²) in [5.41, 5.74) is 0.937. The van der Waals surface area contributed by atoms with Gasteiger partial charge >= 0.3 is 0 Å². The van der Waals surface area contributed by atoms with Crippen molar-refractivity contribution in [2.45, 2.75) is 39.8 Å². The Labute approximate surface area is 140 Å². The maximum atomic E-state index is 13.5. The van der Waals surface area contributed by atoms with Crippen molar-refractivity contribution in [1.29, 1.82) is 0 Å². The first-order chi connectivity index (χ1) is 10.8. The second-order valence-electron chi connectivity index (χ2n) is 6.43. The molecule has 1 aromatic carbocycles. The highest BCUT2D eigenvalue weighted by Crippen LogP contribution is 2.19. The highest BCUT2D eigenvalue weighted by Gasteiger charge is 2.15. The van der Waals surface area contributed by atoms with Gasteiger partial charge in [-0.2, -0.15) is 0 Å². The van der Waals surface area contributed by atoms with Gasteiger partial charge in [-0.15, -0.1) is 0 Å². The van der Waals surface area contributed by atoms with E-state index in [-0.39, 0.29) is 11.9 Å². The molecule has 0 aliphatic rings. The van der Waals surface area contributed by atoms with Gasteiger partial charge in [-0.05, 0) is 51.6 Å². The molecule has 4 nitrogen and oxygen atoms in total. The molecular formula is C18H31FN4. The molecule has 0 radical (unpaired) electrons. The maximum Gasteiger partial charge on any atom is 0.191 e. The van der Waals surface area contributed by atoms with Crippen LogP contribution in [-0.2, 0) is 0 Å². The van der Waals surface area contributed by atoms with Gasteiger partial charge in [-0.3, -0.25) is 4.99 Å². The molecule has 5 heteroatoms. The van der Waals surface area contributed by atoms with Crippen LogP contribution in [0.4, 0.5) is 4.39 Å². The second-order valence-corrected chi connectivity index (χ2v) is 6.43. The van der Waals surface area contributed by atoms with Crippen LogP contribution in [0.2, 0.25) is 0 Å². The van der Waals surface area contributed by atoms with E-state index in [9.17, 15) is 4.39 Å². The first kappa shape index (κ1) is 19.4. The Morgan fingerprint density at radius 3 is 2.48 bits per heavy atom. The van der Waals surface area contributed by atoms with Crippen LogP contribution in [0.15, 0.2) is 29.3 Å². The minimum atomic E-state index is -0.211. The first-order valence-electron chi connectivity index (χ1n) is 8.31. The summed E-state index contributed by atoms with van der Waals surface area (Å²) in [6.07, 6.45) is 0. The zero-order valence-electron chi connectivity index (χ0n) is 15.2. The predicted octanol–water partition coefficient (Wildman–Crippen LogP) is 3.03. The van der Waals surface area contributed by atoms with E-state index in [0.717, 1.165) is 18.1 Å². The van der Waals surface area contributed by atoms with Crippen LogP contribution in [0.25, 0.3) is 0 Å². The molecule has 2 unspecified atom stereocenters. The summed E-state index contributed by atoms with van der Waals surface area (Å²) in [6, 6.07) is 7.11. The van der Waals surface area contributed by atoms with Crippen molar-refractivity contribution in [2.75, 3.05) is 27.2 Å². The molecule has 0 spiro atoms. The lowest BCUT2D eigenvalue weighted by atomic mass is 10.1. The number of nitrogens with one attached hydrogen (secondary N) is 2. The number of likely N-dealkylation sites (N-methyl/N-ethyl adjacent to an activating group) is 1. The van der Waals surface area contributed by atoms with Gasteiger partial charge in [0.15, 0.2) is 5.96 Å². The summed E-state index contributed by atoms with van der Waals surface area (Å²) in [5.74, 6) is 1.11. The molecule has 23 heavy (non-hydrogen) atoms. The van der Waals surface area contributed by atoms with Gasteiger partial charge in [0.25, 0.3) is 0 Å². The van der Waals surface area contributed by atoms with Crippen LogP contribution in [-0.4, -0.2) is 44.1 Å². The third-order valence-corrected chi connectivity index (χ3v) is 3.99. The fourth-order valence-corrected chi connectivity index (χ4v) is 2.16. The number of guanidine groups is 1. The van der Waals surface area contributed by atoms with E-state index in [0.29, 0.717) is 18.5 Å². The van der Waals surface area contributed by atoms with E-state index in [2.05, 4.69) is 36.3 Å². The zero-order valence-corrected chi connectivity index (χ0v) is 15.2. The van der Waals surface area contributed by atoms with E-state index in [1.54, 1.807) is 12.1 Å². The lowest BCUT2D eigenvalue weighted by Crippen LogP contribution is -2.44. The van der Waals surface area contributed by atoms with Gasteiger partial charge in [0.05, 0.1) is 12.6 Å². The van der Waals surface area contributed by atoms with Crippen LogP contribution in [0, 0.1) is 11.7 Å². The van der Waals surface area contributed by atoms with Crippen molar-refractivity contribution in [2.24, 2.45) is 10.9 Å². The van der Waals surface area contributed by atoms with Crippen molar-refractivity contribution in [3.05, 3.63) is 35.6 Å². The fourth-order valence-electron chi connectivity index (χ4n) is 2.16. The molecule has 0 bridgehead atoms. The molecule has 1 aromatic rings. The Kier molecular flexibility index (Phi) is 8.03. The van der Waals surface area contributed by atoms with E-state index < -0.39 is 0 Å². The van der Waals surface area contributed by atoms with Crippen LogP contribution < -0.4 is 10.6 Å². The van der Waals surface area contributed by atoms with Crippen molar-refractivity contribution in [3.63, 3.8) is 0 Å². The summed E-state index contributed by atoms with van der Waals surface area (Å²) >= 11 is 0. The number of aliphatic imine (C=N–C) groups is 1. The standard InChI is InChI=1S/C18H31FN4/c1-7-20-18(22-14(4)13(2)3)21-12-17(23(5)6)15-9-8-10-16(19)11-15/h8-11,13-14,17H,7,12H2,1-6H3,(H2,20,21,22). The first-order valence-corrected chi connectivity index (χ1v) is 8.31. The predicted molar refractivity (Wildman–Crippen MR) is 96.2 cm³/mol. The largest absolute Gasteiger partial charge is 0.357 e. The van der Waals surface area contributed by atoms with E-state index >= 15 is 0 Å². The zero-order chi connectivity index (χ0) is 17.4. The SMILES string of the molecule is CCNC(=NCC(c1cccc(F)c1)N(C)C)NC(C)C(C)C. The maximum absolute atomic E-state index is 13.5. The normalized spacial score (nSPS) is 14.9. The van der Waals surface area contributed by atoms with Gasteiger partial charge < -0.3 is 15.5 Å². The van der Waals surface area contributed by atoms with Gasteiger partial charge in [-0.1, -0.05) is 26.0 Å². The summed E-state index contributed by atoms with van der Waals surface area (Å²) in [4.78, 5) is 6.76. The smallest absolute Gasteiger partial charge is 0.191 e. The molecule has 0 aliphatic carbocycles. The highest BCUT2D eigenvalue weighted by molar-refractivity contribution is 5.80. The molecule has 0 saturated carbocycles. The molecule has 0 heterocycles. The number of benzene rings is 1. The lowest BCUT2D eigenvalue weighted by Gasteiger charge is -2.25. The Balaban J connectivity index is 2.88. The summed E-state index contributed by atoms with van der Waals surface area (Å²) in [6.45, 7) is 9.92. The lowest BCUT2D eigenvalue weighted by molar-refractivity contribution is 0.305. The second kappa shape index (κ2) is 9.50. The molecule has 1 rings (SSSR count). The fraction of sp³-hybridized carbons (Fsp3) is 0.611. The van der Waals surface area contributed by atoms with Gasteiger partial charge in [0, 0.05) is 12.6 Å². The molecule has 0 saturated heterocycles. The van der Waals surface area contributed by atoms with Crippen LogP contribution in [0.3, 0.4) is 0 Å². The minimum absolute atomic E-state index is 0.0375. The topological polar surface area (TPSA) is 39.7 Å². The van der Waals surface area contributed by atoms with Crippen molar-refractivity contribution >= 4 is 5.96 Å². The van der Waals surface area contributed by atoms with E-state index in [1.807, 2.05) is 27.1 Å². The Morgan fingerprint density at radius 1 is 1.26 bits per heavy atom. The Morgan fingerprint density at radius 2 is 1.96 bits per heavy atom. The van der Waals surface area contributed by atoms with Crippen molar-refractivity contribution in [1.82, 2.24) is 15.5 Å². The number of hydrogen-bond acceptors (Lipinski definition) is 2. The Bertz CT molecular complexity index is 500. The monoisotopic (exact) mass is 322 g/mol. The third-order valence-electron chi connectivity index (χ3n) is 3.99. The van der Waals surface area contributed by atoms with Crippen molar-refractivity contribution in [3.8, 4) is 0 Å². The van der Waals surface area contributed by atoms with Crippen LogP contribution in [0.1, 0.15) is 39.3 Å². The number of hydrogen-bond donors (Lipinski definition) is 2. The molecule has 0 aromatic heterocycles. The third kappa shape index (κ3) is 6.57. The Hall–Kier alpha value is -1.62. The number of halogens is 1. The van der Waals surface area contributed by atoms with E-state index in [1.165, 1.54) is 6.07 Å². The quantitative estimate of drug-likeness (QED) is 0.599. The molecular weight excluding hydrogens is 291 g/mol. The average Bonchev–Trinajstić information content (AvgIpc) is 2.47. The van der Waals surface area contributed by atoms with Crippen molar-refractivity contribution < 1.29 is 4.39 Å². The molecule has 2 N–H and O–H groups in total. The highest BCUT2D eigenvalue weighted by atomic mass is 19.1. The molecule has 130 valence electrons. The van der Waals surface area contributed by atoms with Crippen LogP contribution in [0.5, 0.6) is 0 Å². The average molecular weight is 322 g/mol. The molecule has 0 aliphatic heterocycles. The van der Waals surface area contributed by atoms with Gasteiger partial charge in [0.2, 0.25) is 0 Å². The molecule has 2 atom stereocenters. The summed E-state index contributed by atoms with van der Waals surface area (Å²) < 4.78 is 13.5. The minimum Gasteiger partial charge on any atom is -0.357 e. The van der Waals surface area contributed by atoms with Crippen LogP contribution >= 0.6 is 0 Å². The van der Waals surface area contributed by atoms with Gasteiger partial charge in [-0.25, -0.2) is 4.39 Å². The van der Waals surface area contributed by atoms with Gasteiger partial charge in [0.1, 0.15) is 5.82 Å². The number of nitrogens with zero attached hydrogens (tertiary/aromatic N) is 2. The molecule has 0 amide bonds. The summed E-state index contributed by atoms with van der Waals surface area (Å²) in [7, 11) is 3.98. The molecule has 0 fully saturated rings. The number of rotatable bonds is 7.